The molecule has 0 radical (unpaired) electrons. The van der Waals surface area contributed by atoms with Crippen molar-refractivity contribution in [3.8, 4) is 0 Å². The van der Waals surface area contributed by atoms with Gasteiger partial charge in [-0.3, -0.25) is 0 Å². The van der Waals surface area contributed by atoms with Crippen LogP contribution in [0, 0.1) is 26.7 Å². The highest BCUT2D eigenvalue weighted by molar-refractivity contribution is 9.10. The van der Waals surface area contributed by atoms with Crippen LogP contribution < -0.4 is 0 Å². The van der Waals surface area contributed by atoms with Crippen LogP contribution in [0.15, 0.2) is 10.5 Å². The molecule has 0 spiro atoms. The summed E-state index contributed by atoms with van der Waals surface area (Å²) in [5.41, 5.74) is 5.27. The van der Waals surface area contributed by atoms with Gasteiger partial charge in [0.1, 0.15) is 0 Å². The first-order valence-corrected chi connectivity index (χ1v) is 8.57. The molecule has 2 atom stereocenters. The Labute approximate surface area is 132 Å². The van der Waals surface area contributed by atoms with Crippen LogP contribution in [-0.4, -0.2) is 0 Å². The van der Waals surface area contributed by atoms with Crippen molar-refractivity contribution in [1.82, 2.24) is 0 Å². The maximum Gasteiger partial charge on any atom is 0.0618 e. The lowest BCUT2D eigenvalue weighted by Crippen LogP contribution is -2.11. The van der Waals surface area contributed by atoms with E-state index < -0.39 is 0 Å². The van der Waals surface area contributed by atoms with E-state index in [1.54, 1.807) is 0 Å². The summed E-state index contributed by atoms with van der Waals surface area (Å²) >= 11 is 10.5. The number of aryl methyl sites for hydroxylation is 2. The van der Waals surface area contributed by atoms with Gasteiger partial charge >= 0.3 is 0 Å². The molecule has 0 amide bonds. The molecule has 0 aliphatic carbocycles. The largest absolute Gasteiger partial charge is 0.118 e. The highest BCUT2D eigenvalue weighted by Gasteiger charge is 2.23. The summed E-state index contributed by atoms with van der Waals surface area (Å²) in [4.78, 5) is 0. The molecule has 2 heteroatoms. The Bertz CT molecular complexity index is 426. The van der Waals surface area contributed by atoms with Gasteiger partial charge in [-0.05, 0) is 55.4 Å². The predicted octanol–water partition coefficient (Wildman–Crippen LogP) is 6.87. The molecule has 1 rings (SSSR count). The second-order valence-electron chi connectivity index (χ2n) is 5.58. The average molecular weight is 346 g/mol. The first kappa shape index (κ1) is 17.0. The molecule has 0 N–H and O–H groups in total. The molecular weight excluding hydrogens is 320 g/mol. The number of halogens is 2. The summed E-state index contributed by atoms with van der Waals surface area (Å²) < 4.78 is 1.21. The summed E-state index contributed by atoms with van der Waals surface area (Å²) in [6.07, 6.45) is 4.90. The quantitative estimate of drug-likeness (QED) is 0.493. The lowest BCUT2D eigenvalue weighted by Gasteiger charge is -2.25. The van der Waals surface area contributed by atoms with Crippen LogP contribution in [0.2, 0.25) is 0 Å². The van der Waals surface area contributed by atoms with Crippen LogP contribution in [0.25, 0.3) is 0 Å². The third-order valence-electron chi connectivity index (χ3n) is 4.08. The van der Waals surface area contributed by atoms with Crippen molar-refractivity contribution in [2.45, 2.75) is 65.7 Å². The lowest BCUT2D eigenvalue weighted by molar-refractivity contribution is 0.435. The molecular formula is C17H26BrCl. The summed E-state index contributed by atoms with van der Waals surface area (Å²) in [5, 5.41) is 0.133. The molecule has 0 heterocycles. The van der Waals surface area contributed by atoms with Crippen molar-refractivity contribution >= 4 is 27.5 Å². The average Bonchev–Trinajstić information content (AvgIpc) is 2.37. The Balaban J connectivity index is 3.10. The Hall–Kier alpha value is -0.0100. The molecule has 1 aromatic rings. The summed E-state index contributed by atoms with van der Waals surface area (Å²) in [6.45, 7) is 11.0. The topological polar surface area (TPSA) is 0 Å². The Morgan fingerprint density at radius 2 is 1.79 bits per heavy atom. The standard InChI is InChI=1S/C17H26BrCl/c1-6-8-9-14(7-2)17(19)15-11(3)10-12(4)16(18)13(15)5/h10,14,17H,6-9H2,1-5H3. The molecule has 0 nitrogen and oxygen atoms in total. The van der Waals surface area contributed by atoms with Gasteiger partial charge in [-0.15, -0.1) is 11.6 Å². The molecule has 0 fully saturated rings. The van der Waals surface area contributed by atoms with Crippen LogP contribution in [0.3, 0.4) is 0 Å². The first-order valence-electron chi connectivity index (χ1n) is 7.34. The number of rotatable bonds is 6. The fourth-order valence-electron chi connectivity index (χ4n) is 2.86. The zero-order valence-electron chi connectivity index (χ0n) is 12.8. The van der Waals surface area contributed by atoms with Gasteiger partial charge in [0, 0.05) is 4.47 Å². The minimum Gasteiger partial charge on any atom is -0.118 e. The number of unbranched alkanes of at least 4 members (excludes halogenated alkanes) is 1. The molecule has 1 aromatic carbocycles. The Kier molecular flexibility index (Phi) is 6.90. The summed E-state index contributed by atoms with van der Waals surface area (Å²) in [5.74, 6) is 0.577. The van der Waals surface area contributed by atoms with E-state index in [1.165, 1.54) is 46.0 Å². The van der Waals surface area contributed by atoms with Gasteiger partial charge in [-0.1, -0.05) is 55.1 Å². The van der Waals surface area contributed by atoms with E-state index >= 15 is 0 Å². The zero-order chi connectivity index (χ0) is 14.6. The Morgan fingerprint density at radius 1 is 1.16 bits per heavy atom. The monoisotopic (exact) mass is 344 g/mol. The SMILES string of the molecule is CCCCC(CC)C(Cl)c1c(C)cc(C)c(Br)c1C. The van der Waals surface area contributed by atoms with Gasteiger partial charge in [0.05, 0.1) is 5.38 Å². The van der Waals surface area contributed by atoms with Gasteiger partial charge < -0.3 is 0 Å². The summed E-state index contributed by atoms with van der Waals surface area (Å²) in [6, 6.07) is 2.24. The van der Waals surface area contributed by atoms with Crippen molar-refractivity contribution in [3.63, 3.8) is 0 Å². The molecule has 0 saturated carbocycles. The van der Waals surface area contributed by atoms with Crippen molar-refractivity contribution in [2.75, 3.05) is 0 Å². The number of hydrogen-bond acceptors (Lipinski definition) is 0. The molecule has 19 heavy (non-hydrogen) atoms. The normalized spacial score (nSPS) is 14.5. The van der Waals surface area contributed by atoms with E-state index in [-0.39, 0.29) is 5.38 Å². The van der Waals surface area contributed by atoms with Gasteiger partial charge in [0.15, 0.2) is 0 Å². The second-order valence-corrected chi connectivity index (χ2v) is 6.84. The fraction of sp³-hybridized carbons (Fsp3) is 0.647. The second kappa shape index (κ2) is 7.69. The minimum absolute atomic E-state index is 0.133. The molecule has 0 saturated heterocycles. The van der Waals surface area contributed by atoms with Crippen LogP contribution in [-0.2, 0) is 0 Å². The van der Waals surface area contributed by atoms with Crippen LogP contribution in [0.5, 0.6) is 0 Å². The van der Waals surface area contributed by atoms with Crippen molar-refractivity contribution in [2.24, 2.45) is 5.92 Å². The van der Waals surface area contributed by atoms with Crippen molar-refractivity contribution in [1.29, 1.82) is 0 Å². The molecule has 0 aliphatic rings. The van der Waals surface area contributed by atoms with Gasteiger partial charge in [0.2, 0.25) is 0 Å². The third-order valence-corrected chi connectivity index (χ3v) is 5.87. The third kappa shape index (κ3) is 3.98. The van der Waals surface area contributed by atoms with Gasteiger partial charge in [-0.25, -0.2) is 0 Å². The minimum atomic E-state index is 0.133. The molecule has 0 aromatic heterocycles. The zero-order valence-corrected chi connectivity index (χ0v) is 15.2. The summed E-state index contributed by atoms with van der Waals surface area (Å²) in [7, 11) is 0. The maximum atomic E-state index is 6.82. The van der Waals surface area contributed by atoms with E-state index in [0.717, 1.165) is 6.42 Å². The molecule has 0 aliphatic heterocycles. The van der Waals surface area contributed by atoms with Crippen LogP contribution >= 0.6 is 27.5 Å². The predicted molar refractivity (Wildman–Crippen MR) is 90.3 cm³/mol. The smallest absolute Gasteiger partial charge is 0.0618 e. The maximum absolute atomic E-state index is 6.82. The Morgan fingerprint density at radius 3 is 2.32 bits per heavy atom. The van der Waals surface area contributed by atoms with E-state index in [2.05, 4.69) is 56.6 Å². The van der Waals surface area contributed by atoms with Crippen molar-refractivity contribution in [3.05, 3.63) is 32.8 Å². The van der Waals surface area contributed by atoms with Crippen LogP contribution in [0.1, 0.15) is 67.2 Å². The fourth-order valence-corrected chi connectivity index (χ4v) is 3.83. The van der Waals surface area contributed by atoms with Crippen LogP contribution in [0.4, 0.5) is 0 Å². The number of benzene rings is 1. The van der Waals surface area contributed by atoms with Gasteiger partial charge in [-0.2, -0.15) is 0 Å². The van der Waals surface area contributed by atoms with E-state index in [9.17, 15) is 0 Å². The van der Waals surface area contributed by atoms with E-state index in [1.807, 2.05) is 0 Å². The highest BCUT2D eigenvalue weighted by atomic mass is 79.9. The first-order chi connectivity index (χ1) is 8.93. The molecule has 0 bridgehead atoms. The molecule has 108 valence electrons. The van der Waals surface area contributed by atoms with E-state index in [0.29, 0.717) is 5.92 Å². The molecule has 2 unspecified atom stereocenters. The van der Waals surface area contributed by atoms with E-state index in [4.69, 9.17) is 11.6 Å². The van der Waals surface area contributed by atoms with Crippen molar-refractivity contribution < 1.29 is 0 Å². The highest BCUT2D eigenvalue weighted by Crippen LogP contribution is 2.40. The number of hydrogen-bond donors (Lipinski definition) is 0. The number of alkyl halides is 1. The van der Waals surface area contributed by atoms with Gasteiger partial charge in [0.25, 0.3) is 0 Å². The lowest BCUT2D eigenvalue weighted by atomic mass is 9.87.